The number of benzene rings is 3. The van der Waals surface area contributed by atoms with Crippen molar-refractivity contribution in [3.8, 4) is 5.69 Å². The summed E-state index contributed by atoms with van der Waals surface area (Å²) in [6, 6.07) is 19.6. The van der Waals surface area contributed by atoms with Crippen LogP contribution >= 0.6 is 12.4 Å². The van der Waals surface area contributed by atoms with Crippen LogP contribution in [0.25, 0.3) is 16.7 Å². The second-order valence-corrected chi connectivity index (χ2v) is 6.87. The monoisotopic (exact) mass is 429 g/mol. The Morgan fingerprint density at radius 1 is 0.900 bits per heavy atom. The van der Waals surface area contributed by atoms with Gasteiger partial charge in [-0.3, -0.25) is 9.13 Å². The third-order valence-corrected chi connectivity index (χ3v) is 5.10. The number of para-hydroxylation sites is 2. The van der Waals surface area contributed by atoms with Gasteiger partial charge in [0.25, 0.3) is 0 Å². The summed E-state index contributed by atoms with van der Waals surface area (Å²) in [5, 5.41) is 3.09. The summed E-state index contributed by atoms with van der Waals surface area (Å²) < 4.78 is 32.2. The van der Waals surface area contributed by atoms with Crippen molar-refractivity contribution in [3.05, 3.63) is 100 Å². The van der Waals surface area contributed by atoms with Gasteiger partial charge in [-0.1, -0.05) is 48.5 Å². The Bertz CT molecular complexity index is 1200. The molecule has 1 aromatic heterocycles. The molecule has 4 nitrogen and oxygen atoms in total. The molecule has 1 heterocycles. The number of fused-ring (bicyclic) bond motifs is 1. The molecule has 4 rings (SSSR count). The topological polar surface area (TPSA) is 39.0 Å². The summed E-state index contributed by atoms with van der Waals surface area (Å²) in [6.45, 7) is 0.632. The van der Waals surface area contributed by atoms with Crippen molar-refractivity contribution in [1.29, 1.82) is 0 Å². The number of aromatic nitrogens is 2. The molecule has 0 spiro atoms. The van der Waals surface area contributed by atoms with Gasteiger partial charge in [-0.05, 0) is 49.8 Å². The largest absolute Gasteiger partial charge is 0.334 e. The maximum absolute atomic E-state index is 15.0. The van der Waals surface area contributed by atoms with Crippen molar-refractivity contribution in [2.45, 2.75) is 12.5 Å². The Morgan fingerprint density at radius 2 is 1.57 bits per heavy atom. The molecule has 0 aliphatic rings. The second kappa shape index (κ2) is 9.24. The van der Waals surface area contributed by atoms with Crippen molar-refractivity contribution in [2.24, 2.45) is 0 Å². The molecule has 0 saturated carbocycles. The van der Waals surface area contributed by atoms with E-state index >= 15 is 0 Å². The maximum atomic E-state index is 15.0. The first kappa shape index (κ1) is 21.7. The van der Waals surface area contributed by atoms with Crippen LogP contribution in [-0.4, -0.2) is 22.7 Å². The molecule has 1 atom stereocenters. The summed E-state index contributed by atoms with van der Waals surface area (Å²) in [5.41, 5.74) is 1.03. The van der Waals surface area contributed by atoms with Crippen molar-refractivity contribution in [1.82, 2.24) is 14.5 Å². The van der Waals surface area contributed by atoms with Crippen LogP contribution in [-0.2, 0) is 0 Å². The third-order valence-electron chi connectivity index (χ3n) is 5.10. The highest BCUT2D eigenvalue weighted by molar-refractivity contribution is 5.85. The van der Waals surface area contributed by atoms with Gasteiger partial charge in [0.15, 0.2) is 0 Å². The summed E-state index contributed by atoms with van der Waals surface area (Å²) >= 11 is 0. The quantitative estimate of drug-likeness (QED) is 0.483. The number of nitrogens with one attached hydrogen (secondary N) is 1. The van der Waals surface area contributed by atoms with Crippen LogP contribution in [0.15, 0.2) is 77.6 Å². The van der Waals surface area contributed by atoms with Crippen LogP contribution in [0, 0.1) is 11.6 Å². The van der Waals surface area contributed by atoms with Crippen molar-refractivity contribution >= 4 is 23.4 Å². The minimum Gasteiger partial charge on any atom is -0.320 e. The van der Waals surface area contributed by atoms with Crippen LogP contribution in [0.3, 0.4) is 0 Å². The molecule has 0 fully saturated rings. The molecule has 7 heteroatoms. The fourth-order valence-electron chi connectivity index (χ4n) is 3.79. The predicted molar refractivity (Wildman–Crippen MR) is 118 cm³/mol. The van der Waals surface area contributed by atoms with Gasteiger partial charge in [0.05, 0.1) is 17.2 Å². The van der Waals surface area contributed by atoms with Gasteiger partial charge in [0.2, 0.25) is 0 Å². The molecule has 0 amide bonds. The van der Waals surface area contributed by atoms with E-state index in [0.29, 0.717) is 18.5 Å². The van der Waals surface area contributed by atoms with Gasteiger partial charge in [-0.25, -0.2) is 13.6 Å². The average molecular weight is 430 g/mol. The van der Waals surface area contributed by atoms with E-state index in [0.717, 1.165) is 5.56 Å². The molecular weight excluding hydrogens is 408 g/mol. The molecule has 0 radical (unpaired) electrons. The van der Waals surface area contributed by atoms with Gasteiger partial charge in [-0.15, -0.1) is 12.4 Å². The number of hydrogen-bond donors (Lipinski definition) is 1. The Hall–Kier alpha value is -2.96. The van der Waals surface area contributed by atoms with Gasteiger partial charge in [-0.2, -0.15) is 0 Å². The van der Waals surface area contributed by atoms with Gasteiger partial charge in [0, 0.05) is 0 Å². The smallest absolute Gasteiger partial charge is 0.320 e. The zero-order chi connectivity index (χ0) is 20.4. The molecule has 0 unspecified atom stereocenters. The highest BCUT2D eigenvalue weighted by Crippen LogP contribution is 2.29. The molecule has 0 aliphatic heterocycles. The minimum absolute atomic E-state index is 0. The first-order valence-corrected chi connectivity index (χ1v) is 9.49. The van der Waals surface area contributed by atoms with Gasteiger partial charge >= 0.3 is 5.69 Å². The molecule has 4 aromatic rings. The number of nitrogens with zero attached hydrogens (tertiary/aromatic N) is 2. The highest BCUT2D eigenvalue weighted by Gasteiger charge is 2.25. The Balaban J connectivity index is 0.00000256. The van der Waals surface area contributed by atoms with E-state index in [9.17, 15) is 13.6 Å². The van der Waals surface area contributed by atoms with Crippen LogP contribution in [0.1, 0.15) is 18.0 Å². The van der Waals surface area contributed by atoms with Crippen LogP contribution in [0.4, 0.5) is 8.78 Å². The minimum atomic E-state index is -0.538. The van der Waals surface area contributed by atoms with E-state index in [-0.39, 0.29) is 23.6 Å². The zero-order valence-corrected chi connectivity index (χ0v) is 17.2. The summed E-state index contributed by atoms with van der Waals surface area (Å²) in [7, 11) is 1.83. The van der Waals surface area contributed by atoms with Gasteiger partial charge < -0.3 is 5.32 Å². The van der Waals surface area contributed by atoms with E-state index < -0.39 is 23.4 Å². The SMILES string of the molecule is CNCC[C@H](c1ccccc1)n1c(=O)n(-c2ccccc2F)c2cccc(F)c21.Cl. The van der Waals surface area contributed by atoms with Crippen LogP contribution in [0.2, 0.25) is 0 Å². The van der Waals surface area contributed by atoms with Crippen molar-refractivity contribution in [3.63, 3.8) is 0 Å². The molecule has 1 N–H and O–H groups in total. The second-order valence-electron chi connectivity index (χ2n) is 6.87. The molecule has 156 valence electrons. The standard InChI is InChI=1S/C23H21F2N3O.ClH/c1-26-15-14-19(16-8-3-2-4-9-16)28-22-18(25)11-7-13-21(22)27(23(28)29)20-12-6-5-10-17(20)24;/h2-13,19,26H,14-15H2,1H3;1H/t19-;/m1./s1. The number of halogens is 3. The lowest BCUT2D eigenvalue weighted by Gasteiger charge is -2.19. The summed E-state index contributed by atoms with van der Waals surface area (Å²) in [6.07, 6.45) is 0.575. The molecule has 3 aromatic carbocycles. The van der Waals surface area contributed by atoms with Crippen LogP contribution < -0.4 is 11.0 Å². The van der Waals surface area contributed by atoms with Crippen molar-refractivity contribution < 1.29 is 8.78 Å². The average Bonchev–Trinajstić information content (AvgIpc) is 3.03. The molecule has 0 aliphatic carbocycles. The first-order valence-electron chi connectivity index (χ1n) is 9.49. The van der Waals surface area contributed by atoms with E-state index in [4.69, 9.17) is 0 Å². The molecule has 0 saturated heterocycles. The van der Waals surface area contributed by atoms with E-state index in [1.54, 1.807) is 18.2 Å². The van der Waals surface area contributed by atoms with Crippen molar-refractivity contribution in [2.75, 3.05) is 13.6 Å². The van der Waals surface area contributed by atoms with E-state index in [2.05, 4.69) is 5.32 Å². The Labute approximate surface area is 179 Å². The lowest BCUT2D eigenvalue weighted by Crippen LogP contribution is -2.29. The molecule has 0 bridgehead atoms. The van der Waals surface area contributed by atoms with E-state index in [1.165, 1.54) is 33.4 Å². The zero-order valence-electron chi connectivity index (χ0n) is 16.4. The number of rotatable bonds is 6. The third kappa shape index (κ3) is 3.76. The van der Waals surface area contributed by atoms with Gasteiger partial charge in [0.1, 0.15) is 17.2 Å². The molecular formula is C23H22ClF2N3O. The number of hydrogen-bond acceptors (Lipinski definition) is 2. The lowest BCUT2D eigenvalue weighted by molar-refractivity contribution is 0.511. The summed E-state index contributed by atoms with van der Waals surface area (Å²) in [5.74, 6) is -1.05. The maximum Gasteiger partial charge on any atom is 0.334 e. The number of imidazole rings is 1. The van der Waals surface area contributed by atoms with Crippen LogP contribution in [0.5, 0.6) is 0 Å². The fraction of sp³-hybridized carbons (Fsp3) is 0.174. The Kier molecular flexibility index (Phi) is 6.70. The molecule has 30 heavy (non-hydrogen) atoms. The Morgan fingerprint density at radius 3 is 2.27 bits per heavy atom. The highest BCUT2D eigenvalue weighted by atomic mass is 35.5. The predicted octanol–water partition coefficient (Wildman–Crippen LogP) is 4.69. The first-order chi connectivity index (χ1) is 14.1. The lowest BCUT2D eigenvalue weighted by atomic mass is 10.0. The van der Waals surface area contributed by atoms with E-state index in [1.807, 2.05) is 37.4 Å². The fourth-order valence-corrected chi connectivity index (χ4v) is 3.79. The summed E-state index contributed by atoms with van der Waals surface area (Å²) in [4.78, 5) is 13.5. The normalized spacial score (nSPS) is 12.0.